The summed E-state index contributed by atoms with van der Waals surface area (Å²) in [7, 11) is 1.33. The molecule has 0 fully saturated rings. The first-order chi connectivity index (χ1) is 9.93. The number of benzene rings is 1. The number of hydrogen-bond acceptors (Lipinski definition) is 4. The Morgan fingerprint density at radius 3 is 2.45 bits per heavy atom. The third-order valence-electron chi connectivity index (χ3n) is 3.20. The van der Waals surface area contributed by atoms with Crippen LogP contribution in [0.5, 0.6) is 0 Å². The zero-order chi connectivity index (χ0) is 15.8. The number of anilines is 1. The van der Waals surface area contributed by atoms with E-state index in [4.69, 9.17) is 10.5 Å². The molecule has 3 N–H and O–H groups in total. The topological polar surface area (TPSA) is 81.4 Å². The lowest BCUT2D eigenvalue weighted by Crippen LogP contribution is -2.42. The van der Waals surface area contributed by atoms with Crippen LogP contribution in [0.2, 0.25) is 0 Å². The molecule has 0 aromatic heterocycles. The van der Waals surface area contributed by atoms with Crippen molar-refractivity contribution in [2.24, 2.45) is 5.92 Å². The van der Waals surface area contributed by atoms with Crippen LogP contribution in [0.3, 0.4) is 0 Å². The molecule has 0 aliphatic carbocycles. The Morgan fingerprint density at radius 2 is 1.91 bits per heavy atom. The Bertz CT molecular complexity index is 492. The Hall–Kier alpha value is -1.75. The fraction of sp³-hybridized carbons (Fsp3) is 0.500. The predicted octanol–water partition coefficient (Wildman–Crippen LogP) is 2.33. The molecule has 1 atom stereocenters. The van der Waals surface area contributed by atoms with Gasteiger partial charge in [0.2, 0.25) is 5.91 Å². The monoisotopic (exact) mass is 328 g/mol. The number of esters is 1. The minimum absolute atomic E-state index is 0. The number of nitrogens with two attached hydrogens (primary N) is 1. The molecule has 1 aromatic carbocycles. The molecule has 6 heteroatoms. The third-order valence-corrected chi connectivity index (χ3v) is 3.20. The Kier molecular flexibility index (Phi) is 9.26. The maximum Gasteiger partial charge on any atom is 0.328 e. The highest BCUT2D eigenvalue weighted by Gasteiger charge is 2.22. The zero-order valence-corrected chi connectivity index (χ0v) is 14.1. The van der Waals surface area contributed by atoms with Crippen LogP contribution in [0, 0.1) is 5.92 Å². The molecule has 124 valence electrons. The standard InChI is InChI=1S/C16H24N2O3.ClH/c1-11(2)10-14(16(20)21-3)18-15(19)9-8-12-6-4-5-7-13(12)17;/h4-7,11,14H,8-10,17H2,1-3H3,(H,18,19);1H. The van der Waals surface area contributed by atoms with E-state index in [1.165, 1.54) is 7.11 Å². The second-order valence-corrected chi connectivity index (χ2v) is 5.47. The minimum Gasteiger partial charge on any atom is -0.467 e. The summed E-state index contributed by atoms with van der Waals surface area (Å²) in [4.78, 5) is 23.6. The maximum absolute atomic E-state index is 12.0. The van der Waals surface area contributed by atoms with E-state index in [0.717, 1.165) is 5.56 Å². The van der Waals surface area contributed by atoms with Crippen LogP contribution in [0.25, 0.3) is 0 Å². The number of halogens is 1. The van der Waals surface area contributed by atoms with Crippen molar-refractivity contribution in [2.45, 2.75) is 39.2 Å². The summed E-state index contributed by atoms with van der Waals surface area (Å²) >= 11 is 0. The fourth-order valence-corrected chi connectivity index (χ4v) is 2.10. The maximum atomic E-state index is 12.0. The first kappa shape index (κ1) is 20.2. The highest BCUT2D eigenvalue weighted by Crippen LogP contribution is 2.13. The van der Waals surface area contributed by atoms with Gasteiger partial charge in [0.15, 0.2) is 0 Å². The zero-order valence-electron chi connectivity index (χ0n) is 13.3. The smallest absolute Gasteiger partial charge is 0.328 e. The van der Waals surface area contributed by atoms with Gasteiger partial charge in [0.1, 0.15) is 6.04 Å². The number of ether oxygens (including phenoxy) is 1. The van der Waals surface area contributed by atoms with Gasteiger partial charge < -0.3 is 15.8 Å². The average molecular weight is 329 g/mol. The van der Waals surface area contributed by atoms with Gasteiger partial charge in [0, 0.05) is 12.1 Å². The van der Waals surface area contributed by atoms with Crippen LogP contribution in [0.1, 0.15) is 32.3 Å². The van der Waals surface area contributed by atoms with Crippen molar-refractivity contribution in [3.63, 3.8) is 0 Å². The van der Waals surface area contributed by atoms with E-state index in [0.29, 0.717) is 30.9 Å². The van der Waals surface area contributed by atoms with Crippen LogP contribution in [-0.2, 0) is 20.7 Å². The molecule has 1 amide bonds. The number of carbonyl (C=O) groups is 2. The Balaban J connectivity index is 0.00000441. The molecule has 0 saturated heterocycles. The molecular weight excluding hydrogens is 304 g/mol. The third kappa shape index (κ3) is 6.80. The SMILES string of the molecule is COC(=O)C(CC(C)C)NC(=O)CCc1ccccc1N.Cl. The largest absolute Gasteiger partial charge is 0.467 e. The van der Waals surface area contributed by atoms with Gasteiger partial charge in [-0.15, -0.1) is 12.4 Å². The number of aryl methyl sites for hydroxylation is 1. The molecule has 0 saturated carbocycles. The number of para-hydroxylation sites is 1. The van der Waals surface area contributed by atoms with Gasteiger partial charge in [-0.05, 0) is 30.4 Å². The highest BCUT2D eigenvalue weighted by atomic mass is 35.5. The van der Waals surface area contributed by atoms with Crippen LogP contribution >= 0.6 is 12.4 Å². The van der Waals surface area contributed by atoms with Gasteiger partial charge in [-0.25, -0.2) is 4.79 Å². The van der Waals surface area contributed by atoms with Gasteiger partial charge in [-0.1, -0.05) is 32.0 Å². The van der Waals surface area contributed by atoms with Gasteiger partial charge in [-0.3, -0.25) is 4.79 Å². The summed E-state index contributed by atoms with van der Waals surface area (Å²) in [5, 5.41) is 2.73. The van der Waals surface area contributed by atoms with Crippen molar-refractivity contribution < 1.29 is 14.3 Å². The molecule has 1 rings (SSSR count). The molecule has 0 heterocycles. The van der Waals surface area contributed by atoms with Gasteiger partial charge >= 0.3 is 5.97 Å². The molecule has 0 aliphatic heterocycles. The Labute approximate surface area is 138 Å². The molecule has 0 radical (unpaired) electrons. The molecule has 0 bridgehead atoms. The average Bonchev–Trinajstić information content (AvgIpc) is 2.44. The van der Waals surface area contributed by atoms with Crippen molar-refractivity contribution in [3.8, 4) is 0 Å². The first-order valence-corrected chi connectivity index (χ1v) is 7.14. The lowest BCUT2D eigenvalue weighted by molar-refractivity contribution is -0.145. The van der Waals surface area contributed by atoms with E-state index < -0.39 is 12.0 Å². The van der Waals surface area contributed by atoms with Crippen LogP contribution in [-0.4, -0.2) is 25.0 Å². The van der Waals surface area contributed by atoms with Crippen molar-refractivity contribution in [1.29, 1.82) is 0 Å². The molecule has 0 spiro atoms. The van der Waals surface area contributed by atoms with Crippen LogP contribution in [0.15, 0.2) is 24.3 Å². The van der Waals surface area contributed by atoms with Gasteiger partial charge in [-0.2, -0.15) is 0 Å². The number of methoxy groups -OCH3 is 1. The molecule has 5 nitrogen and oxygen atoms in total. The normalized spacial score (nSPS) is 11.5. The lowest BCUT2D eigenvalue weighted by Gasteiger charge is -2.18. The highest BCUT2D eigenvalue weighted by molar-refractivity contribution is 5.85. The number of carbonyl (C=O) groups excluding carboxylic acids is 2. The van der Waals surface area contributed by atoms with E-state index in [1.807, 2.05) is 38.1 Å². The van der Waals surface area contributed by atoms with Gasteiger partial charge in [0.05, 0.1) is 7.11 Å². The quantitative estimate of drug-likeness (QED) is 0.594. The minimum atomic E-state index is -0.587. The summed E-state index contributed by atoms with van der Waals surface area (Å²) in [6.07, 6.45) is 1.40. The Morgan fingerprint density at radius 1 is 1.27 bits per heavy atom. The molecule has 0 aliphatic rings. The predicted molar refractivity (Wildman–Crippen MR) is 89.8 cm³/mol. The molecule has 1 aromatic rings. The van der Waals surface area contributed by atoms with Crippen molar-refractivity contribution in [3.05, 3.63) is 29.8 Å². The van der Waals surface area contributed by atoms with Crippen molar-refractivity contribution in [2.75, 3.05) is 12.8 Å². The lowest BCUT2D eigenvalue weighted by atomic mass is 10.0. The molecular formula is C16H25ClN2O3. The summed E-state index contributed by atoms with van der Waals surface area (Å²) < 4.78 is 4.72. The fourth-order valence-electron chi connectivity index (χ4n) is 2.10. The molecule has 1 unspecified atom stereocenters. The second kappa shape index (κ2) is 10.1. The van der Waals surface area contributed by atoms with Gasteiger partial charge in [0.25, 0.3) is 0 Å². The van der Waals surface area contributed by atoms with E-state index >= 15 is 0 Å². The number of amides is 1. The second-order valence-electron chi connectivity index (χ2n) is 5.47. The van der Waals surface area contributed by atoms with E-state index in [9.17, 15) is 9.59 Å². The summed E-state index contributed by atoms with van der Waals surface area (Å²) in [6.45, 7) is 3.99. The number of nitrogen functional groups attached to an aromatic ring is 1. The number of hydrogen-bond donors (Lipinski definition) is 2. The summed E-state index contributed by atoms with van der Waals surface area (Å²) in [5.74, 6) is -0.287. The van der Waals surface area contributed by atoms with Crippen molar-refractivity contribution in [1.82, 2.24) is 5.32 Å². The van der Waals surface area contributed by atoms with E-state index in [-0.39, 0.29) is 18.3 Å². The number of nitrogens with one attached hydrogen (secondary N) is 1. The first-order valence-electron chi connectivity index (χ1n) is 7.14. The summed E-state index contributed by atoms with van der Waals surface area (Å²) in [6, 6.07) is 6.86. The summed E-state index contributed by atoms with van der Waals surface area (Å²) in [5.41, 5.74) is 7.45. The van der Waals surface area contributed by atoms with Crippen LogP contribution < -0.4 is 11.1 Å². The van der Waals surface area contributed by atoms with E-state index in [1.54, 1.807) is 0 Å². The van der Waals surface area contributed by atoms with Crippen molar-refractivity contribution >= 4 is 30.0 Å². The van der Waals surface area contributed by atoms with Crippen LogP contribution in [0.4, 0.5) is 5.69 Å². The number of rotatable bonds is 7. The van der Waals surface area contributed by atoms with E-state index in [2.05, 4.69) is 5.32 Å². The molecule has 22 heavy (non-hydrogen) atoms.